The Morgan fingerprint density at radius 2 is 1.08 bits per heavy atom. The number of ether oxygens (including phenoxy) is 2. The Bertz CT molecular complexity index is 434. The predicted molar refractivity (Wildman–Crippen MR) is 121 cm³/mol. The summed E-state index contributed by atoms with van der Waals surface area (Å²) < 4.78 is 12.3. The number of halogens is 2. The molecule has 0 radical (unpaired) electrons. The lowest BCUT2D eigenvalue weighted by atomic mass is 10.0. The Hall–Kier alpha value is -0.220. The molecular weight excluding hydrogens is 456 g/mol. The molecule has 2 nitrogen and oxygen atoms in total. The second kappa shape index (κ2) is 15.8. The first kappa shape index (κ1) is 23.8. The summed E-state index contributed by atoms with van der Waals surface area (Å²) in [5.41, 5.74) is 2.50. The van der Waals surface area contributed by atoms with E-state index in [4.69, 9.17) is 9.47 Å². The molecule has 0 fully saturated rings. The van der Waals surface area contributed by atoms with Gasteiger partial charge >= 0.3 is 0 Å². The first-order chi connectivity index (χ1) is 12.8. The van der Waals surface area contributed by atoms with Crippen LogP contribution in [0.15, 0.2) is 12.1 Å². The molecule has 0 atom stereocenters. The molecule has 0 bridgehead atoms. The smallest absolute Gasteiger partial charge is 0.123 e. The lowest BCUT2D eigenvalue weighted by Gasteiger charge is -2.17. The standard InChI is InChI=1S/C22H36Br2O2/c1-3-5-7-9-15-25-21-17-20(12-14-24)22(18-19(21)11-13-23)26-16-10-8-6-4-2/h17-18H,3-16H2,1-2H3. The summed E-state index contributed by atoms with van der Waals surface area (Å²) in [6.45, 7) is 6.09. The molecule has 1 aromatic rings. The zero-order valence-corrected chi connectivity index (χ0v) is 19.8. The van der Waals surface area contributed by atoms with Gasteiger partial charge in [0.15, 0.2) is 0 Å². The minimum absolute atomic E-state index is 0.806. The van der Waals surface area contributed by atoms with Gasteiger partial charge in [-0.15, -0.1) is 0 Å². The van der Waals surface area contributed by atoms with Crippen LogP contribution in [0.25, 0.3) is 0 Å². The first-order valence-corrected chi connectivity index (χ1v) is 12.5. The number of benzene rings is 1. The van der Waals surface area contributed by atoms with Crippen LogP contribution in [0.4, 0.5) is 0 Å². The van der Waals surface area contributed by atoms with E-state index in [2.05, 4.69) is 57.8 Å². The summed E-state index contributed by atoms with van der Waals surface area (Å²) in [5.74, 6) is 2.07. The number of rotatable bonds is 16. The number of unbranched alkanes of at least 4 members (excludes halogenated alkanes) is 6. The van der Waals surface area contributed by atoms with Crippen molar-refractivity contribution < 1.29 is 9.47 Å². The Labute approximate surface area is 177 Å². The molecule has 0 amide bonds. The van der Waals surface area contributed by atoms with E-state index in [0.29, 0.717) is 0 Å². The summed E-state index contributed by atoms with van der Waals surface area (Å²) in [6.07, 6.45) is 11.8. The fourth-order valence-corrected chi connectivity index (χ4v) is 3.78. The highest BCUT2D eigenvalue weighted by Gasteiger charge is 2.12. The van der Waals surface area contributed by atoms with Crippen LogP contribution in [-0.2, 0) is 12.8 Å². The maximum absolute atomic E-state index is 6.14. The Morgan fingerprint density at radius 1 is 0.654 bits per heavy atom. The van der Waals surface area contributed by atoms with Gasteiger partial charge in [-0.05, 0) is 48.9 Å². The summed E-state index contributed by atoms with van der Waals surface area (Å²) in [4.78, 5) is 0. The highest BCUT2D eigenvalue weighted by molar-refractivity contribution is 9.09. The molecule has 0 saturated heterocycles. The van der Waals surface area contributed by atoms with Crippen LogP contribution in [0.5, 0.6) is 11.5 Å². The van der Waals surface area contributed by atoms with E-state index in [1.807, 2.05) is 0 Å². The molecule has 4 heteroatoms. The molecule has 0 aliphatic carbocycles. The summed E-state index contributed by atoms with van der Waals surface area (Å²) in [5, 5.41) is 1.87. The number of aryl methyl sites for hydroxylation is 2. The second-order valence-corrected chi connectivity index (χ2v) is 8.35. The van der Waals surface area contributed by atoms with E-state index in [-0.39, 0.29) is 0 Å². The zero-order chi connectivity index (χ0) is 19.0. The van der Waals surface area contributed by atoms with Gasteiger partial charge in [0.25, 0.3) is 0 Å². The van der Waals surface area contributed by atoms with Crippen LogP contribution < -0.4 is 9.47 Å². The van der Waals surface area contributed by atoms with Crippen molar-refractivity contribution in [3.8, 4) is 11.5 Å². The average Bonchev–Trinajstić information content (AvgIpc) is 2.64. The summed E-state index contributed by atoms with van der Waals surface area (Å²) in [6, 6.07) is 4.42. The number of hydrogen-bond acceptors (Lipinski definition) is 2. The van der Waals surface area contributed by atoms with Crippen molar-refractivity contribution in [2.75, 3.05) is 23.9 Å². The topological polar surface area (TPSA) is 18.5 Å². The molecule has 0 spiro atoms. The van der Waals surface area contributed by atoms with Crippen LogP contribution in [0.2, 0.25) is 0 Å². The van der Waals surface area contributed by atoms with Crippen LogP contribution >= 0.6 is 31.9 Å². The summed E-state index contributed by atoms with van der Waals surface area (Å²) in [7, 11) is 0. The zero-order valence-electron chi connectivity index (χ0n) is 16.6. The minimum atomic E-state index is 0.806. The minimum Gasteiger partial charge on any atom is -0.493 e. The van der Waals surface area contributed by atoms with Crippen LogP contribution in [0.3, 0.4) is 0 Å². The Balaban J connectivity index is 2.77. The van der Waals surface area contributed by atoms with E-state index >= 15 is 0 Å². The van der Waals surface area contributed by atoms with E-state index in [1.165, 1.54) is 49.7 Å². The monoisotopic (exact) mass is 490 g/mol. The number of hydrogen-bond donors (Lipinski definition) is 0. The molecule has 1 rings (SSSR count). The lowest BCUT2D eigenvalue weighted by Crippen LogP contribution is -2.06. The largest absolute Gasteiger partial charge is 0.493 e. The van der Waals surface area contributed by atoms with Crippen LogP contribution in [-0.4, -0.2) is 23.9 Å². The van der Waals surface area contributed by atoms with Crippen molar-refractivity contribution >= 4 is 31.9 Å². The maximum atomic E-state index is 6.14. The quantitative estimate of drug-likeness (QED) is 0.176. The SMILES string of the molecule is CCCCCCOc1cc(CCBr)c(OCCCCCC)cc1CCBr. The van der Waals surface area contributed by atoms with Gasteiger partial charge in [0, 0.05) is 10.7 Å². The molecule has 26 heavy (non-hydrogen) atoms. The van der Waals surface area contributed by atoms with E-state index in [1.54, 1.807) is 0 Å². The molecule has 0 N–H and O–H groups in total. The third-order valence-corrected chi connectivity index (χ3v) is 5.28. The summed E-state index contributed by atoms with van der Waals surface area (Å²) >= 11 is 7.15. The normalized spacial score (nSPS) is 10.9. The van der Waals surface area contributed by atoms with Crippen molar-refractivity contribution in [3.63, 3.8) is 0 Å². The van der Waals surface area contributed by atoms with Gasteiger partial charge in [-0.25, -0.2) is 0 Å². The fourth-order valence-electron chi connectivity index (χ4n) is 2.93. The fraction of sp³-hybridized carbons (Fsp3) is 0.727. The first-order valence-electron chi connectivity index (χ1n) is 10.3. The molecule has 1 aromatic carbocycles. The molecule has 150 valence electrons. The van der Waals surface area contributed by atoms with Crippen molar-refractivity contribution in [3.05, 3.63) is 23.3 Å². The average molecular weight is 492 g/mol. The Morgan fingerprint density at radius 3 is 1.42 bits per heavy atom. The molecule has 0 unspecified atom stereocenters. The van der Waals surface area contributed by atoms with Gasteiger partial charge in [-0.2, -0.15) is 0 Å². The van der Waals surface area contributed by atoms with Gasteiger partial charge in [0.05, 0.1) is 13.2 Å². The van der Waals surface area contributed by atoms with E-state index in [9.17, 15) is 0 Å². The lowest BCUT2D eigenvalue weighted by molar-refractivity contribution is 0.292. The molecule has 0 saturated carbocycles. The third kappa shape index (κ3) is 9.64. The number of alkyl halides is 2. The van der Waals surface area contributed by atoms with Gasteiger partial charge in [-0.3, -0.25) is 0 Å². The highest BCUT2D eigenvalue weighted by Crippen LogP contribution is 2.31. The van der Waals surface area contributed by atoms with Crippen molar-refractivity contribution in [2.24, 2.45) is 0 Å². The molecular formula is C22H36Br2O2. The molecule has 0 heterocycles. The highest BCUT2D eigenvalue weighted by atomic mass is 79.9. The molecule has 0 aromatic heterocycles. The van der Waals surface area contributed by atoms with Crippen LogP contribution in [0.1, 0.15) is 76.3 Å². The maximum Gasteiger partial charge on any atom is 0.123 e. The van der Waals surface area contributed by atoms with Crippen molar-refractivity contribution in [1.29, 1.82) is 0 Å². The van der Waals surface area contributed by atoms with Gasteiger partial charge < -0.3 is 9.47 Å². The molecule has 0 aliphatic heterocycles. The second-order valence-electron chi connectivity index (χ2n) is 6.76. The predicted octanol–water partition coefficient (Wildman–Crippen LogP) is 7.48. The van der Waals surface area contributed by atoms with Gasteiger partial charge in [0.2, 0.25) is 0 Å². The Kier molecular flexibility index (Phi) is 14.5. The third-order valence-electron chi connectivity index (χ3n) is 4.48. The van der Waals surface area contributed by atoms with Crippen molar-refractivity contribution in [2.45, 2.75) is 78.1 Å². The van der Waals surface area contributed by atoms with Crippen molar-refractivity contribution in [1.82, 2.24) is 0 Å². The van der Waals surface area contributed by atoms with Gasteiger partial charge in [0.1, 0.15) is 11.5 Å². The molecule has 0 aliphatic rings. The van der Waals surface area contributed by atoms with Gasteiger partial charge in [-0.1, -0.05) is 84.2 Å². The van der Waals surface area contributed by atoms with E-state index in [0.717, 1.165) is 61.1 Å². The van der Waals surface area contributed by atoms with E-state index < -0.39 is 0 Å². The van der Waals surface area contributed by atoms with Crippen LogP contribution in [0, 0.1) is 0 Å².